The van der Waals surface area contributed by atoms with Gasteiger partial charge in [-0.1, -0.05) is 40.0 Å². The van der Waals surface area contributed by atoms with Crippen molar-refractivity contribution in [2.45, 2.75) is 59.8 Å². The van der Waals surface area contributed by atoms with Crippen LogP contribution in [-0.4, -0.2) is 5.78 Å². The van der Waals surface area contributed by atoms with Crippen LogP contribution in [0.25, 0.3) is 0 Å². The molecule has 0 spiro atoms. The molecule has 0 saturated carbocycles. The fourth-order valence-corrected chi connectivity index (χ4v) is 1.54. The molecule has 1 nitrogen and oxygen atoms in total. The van der Waals surface area contributed by atoms with Crippen molar-refractivity contribution in [3.8, 4) is 0 Å². The number of rotatable bonds is 7. The Morgan fingerprint density at radius 3 is 2.15 bits per heavy atom. The molecule has 1 atom stereocenters. The minimum atomic E-state index is 0.336. The van der Waals surface area contributed by atoms with Crippen LogP contribution in [0.15, 0.2) is 0 Å². The molecule has 0 aliphatic carbocycles. The minimum absolute atomic E-state index is 0.336. The Labute approximate surface area is 82.9 Å². The minimum Gasteiger partial charge on any atom is -0.300 e. The fourth-order valence-electron chi connectivity index (χ4n) is 1.54. The van der Waals surface area contributed by atoms with Crippen molar-refractivity contribution in [1.82, 2.24) is 0 Å². The van der Waals surface area contributed by atoms with Crippen molar-refractivity contribution in [1.29, 1.82) is 0 Å². The first kappa shape index (κ1) is 12.7. The van der Waals surface area contributed by atoms with E-state index in [1.807, 2.05) is 0 Å². The molecule has 1 heteroatoms. The van der Waals surface area contributed by atoms with Gasteiger partial charge in [0, 0.05) is 5.92 Å². The van der Waals surface area contributed by atoms with E-state index in [0.29, 0.717) is 11.7 Å². The first-order valence-corrected chi connectivity index (χ1v) is 5.58. The number of hydrogen-bond acceptors (Lipinski definition) is 1. The first-order valence-electron chi connectivity index (χ1n) is 5.58. The lowest BCUT2D eigenvalue weighted by molar-refractivity contribution is -0.121. The Balaban J connectivity index is 3.74. The van der Waals surface area contributed by atoms with E-state index in [1.165, 1.54) is 19.3 Å². The summed E-state index contributed by atoms with van der Waals surface area (Å²) in [4.78, 5) is 11.3. The third kappa shape index (κ3) is 6.80. The number of Topliss-reactive ketones (excluding diaryl/α,β-unsaturated/α-hetero) is 1. The third-order valence-electron chi connectivity index (χ3n) is 2.57. The summed E-state index contributed by atoms with van der Waals surface area (Å²) in [5, 5.41) is 0. The van der Waals surface area contributed by atoms with Gasteiger partial charge in [-0.15, -0.1) is 0 Å². The number of hydrogen-bond donors (Lipinski definition) is 0. The van der Waals surface area contributed by atoms with Crippen molar-refractivity contribution in [2.75, 3.05) is 0 Å². The highest BCUT2D eigenvalue weighted by Crippen LogP contribution is 2.18. The summed E-state index contributed by atoms with van der Waals surface area (Å²) in [6.45, 7) is 8.36. The van der Waals surface area contributed by atoms with E-state index in [4.69, 9.17) is 0 Å². The average Bonchev–Trinajstić information content (AvgIpc) is 2.03. The van der Waals surface area contributed by atoms with Crippen molar-refractivity contribution < 1.29 is 4.79 Å². The van der Waals surface area contributed by atoms with Crippen molar-refractivity contribution >= 4 is 5.78 Å². The lowest BCUT2D eigenvalue weighted by atomic mass is 9.90. The Hall–Kier alpha value is -0.330. The molecule has 0 aromatic carbocycles. The number of carbonyl (C=O) groups excluding carboxylic acids is 1. The van der Waals surface area contributed by atoms with E-state index >= 15 is 0 Å². The van der Waals surface area contributed by atoms with Gasteiger partial charge in [-0.3, -0.25) is 4.79 Å². The smallest absolute Gasteiger partial charge is 0.132 e. The van der Waals surface area contributed by atoms with Gasteiger partial charge in [0.1, 0.15) is 5.78 Å². The molecule has 0 aliphatic rings. The van der Waals surface area contributed by atoms with Gasteiger partial charge in [0.2, 0.25) is 0 Å². The van der Waals surface area contributed by atoms with E-state index in [2.05, 4.69) is 20.8 Å². The zero-order valence-corrected chi connectivity index (χ0v) is 9.60. The SMILES string of the molecule is CCCCC(CCC(C)C)C(C)=O. The highest BCUT2D eigenvalue weighted by Gasteiger charge is 2.13. The molecule has 0 rings (SSSR count). The van der Waals surface area contributed by atoms with Crippen LogP contribution < -0.4 is 0 Å². The first-order chi connectivity index (χ1) is 6.07. The maximum absolute atomic E-state index is 11.3. The highest BCUT2D eigenvalue weighted by molar-refractivity contribution is 5.78. The van der Waals surface area contributed by atoms with E-state index in [-0.39, 0.29) is 0 Å². The maximum Gasteiger partial charge on any atom is 0.132 e. The second-order valence-electron chi connectivity index (χ2n) is 4.42. The molecule has 78 valence electrons. The fraction of sp³-hybridized carbons (Fsp3) is 0.917. The van der Waals surface area contributed by atoms with Crippen molar-refractivity contribution in [2.24, 2.45) is 11.8 Å². The highest BCUT2D eigenvalue weighted by atomic mass is 16.1. The largest absolute Gasteiger partial charge is 0.300 e. The second kappa shape index (κ2) is 7.11. The Morgan fingerprint density at radius 2 is 1.77 bits per heavy atom. The average molecular weight is 184 g/mol. The van der Waals surface area contributed by atoms with Crippen molar-refractivity contribution in [3.63, 3.8) is 0 Å². The van der Waals surface area contributed by atoms with Crippen LogP contribution in [-0.2, 0) is 4.79 Å². The van der Waals surface area contributed by atoms with Gasteiger partial charge in [0.15, 0.2) is 0 Å². The van der Waals surface area contributed by atoms with Crippen LogP contribution in [0.5, 0.6) is 0 Å². The molecule has 0 amide bonds. The third-order valence-corrected chi connectivity index (χ3v) is 2.57. The van der Waals surface area contributed by atoms with Gasteiger partial charge in [0.25, 0.3) is 0 Å². The Morgan fingerprint density at radius 1 is 1.15 bits per heavy atom. The zero-order chi connectivity index (χ0) is 10.3. The van der Waals surface area contributed by atoms with Crippen LogP contribution >= 0.6 is 0 Å². The lowest BCUT2D eigenvalue weighted by Gasteiger charge is -2.14. The van der Waals surface area contributed by atoms with Crippen LogP contribution in [0, 0.1) is 11.8 Å². The van der Waals surface area contributed by atoms with E-state index in [1.54, 1.807) is 6.92 Å². The van der Waals surface area contributed by atoms with Gasteiger partial charge >= 0.3 is 0 Å². The molecule has 0 heterocycles. The second-order valence-corrected chi connectivity index (χ2v) is 4.42. The molecular weight excluding hydrogens is 160 g/mol. The van der Waals surface area contributed by atoms with E-state index < -0.39 is 0 Å². The zero-order valence-electron chi connectivity index (χ0n) is 9.60. The predicted octanol–water partition coefficient (Wildman–Crippen LogP) is 3.82. The molecule has 0 radical (unpaired) electrons. The van der Waals surface area contributed by atoms with Gasteiger partial charge in [-0.25, -0.2) is 0 Å². The molecule has 0 saturated heterocycles. The maximum atomic E-state index is 11.3. The summed E-state index contributed by atoms with van der Waals surface area (Å²) < 4.78 is 0. The van der Waals surface area contributed by atoms with Crippen LogP contribution in [0.2, 0.25) is 0 Å². The van der Waals surface area contributed by atoms with E-state index in [9.17, 15) is 4.79 Å². The summed E-state index contributed by atoms with van der Waals surface area (Å²) in [5.74, 6) is 1.44. The summed E-state index contributed by atoms with van der Waals surface area (Å²) in [5.41, 5.74) is 0. The van der Waals surface area contributed by atoms with Gasteiger partial charge in [-0.05, 0) is 25.7 Å². The molecule has 0 aliphatic heterocycles. The summed E-state index contributed by atoms with van der Waals surface area (Å²) in [7, 11) is 0. The molecule has 0 fully saturated rings. The normalized spacial score (nSPS) is 13.3. The quantitative estimate of drug-likeness (QED) is 0.588. The molecule has 0 bridgehead atoms. The van der Waals surface area contributed by atoms with Gasteiger partial charge in [0.05, 0.1) is 0 Å². The number of ketones is 1. The van der Waals surface area contributed by atoms with Crippen LogP contribution in [0.3, 0.4) is 0 Å². The number of unbranched alkanes of at least 4 members (excludes halogenated alkanes) is 1. The van der Waals surface area contributed by atoms with Crippen LogP contribution in [0.4, 0.5) is 0 Å². The number of carbonyl (C=O) groups is 1. The summed E-state index contributed by atoms with van der Waals surface area (Å²) >= 11 is 0. The van der Waals surface area contributed by atoms with Gasteiger partial charge in [-0.2, -0.15) is 0 Å². The monoisotopic (exact) mass is 184 g/mol. The van der Waals surface area contributed by atoms with E-state index in [0.717, 1.165) is 18.8 Å². The Bertz CT molecular complexity index is 138. The summed E-state index contributed by atoms with van der Waals surface area (Å²) in [6, 6.07) is 0. The molecule has 0 aromatic heterocycles. The molecule has 0 aromatic rings. The summed E-state index contributed by atoms with van der Waals surface area (Å²) in [6.07, 6.45) is 5.77. The van der Waals surface area contributed by atoms with Crippen LogP contribution in [0.1, 0.15) is 59.8 Å². The molecule has 0 N–H and O–H groups in total. The molecule has 13 heavy (non-hydrogen) atoms. The topological polar surface area (TPSA) is 17.1 Å². The molecular formula is C12H24O. The molecule has 1 unspecified atom stereocenters. The van der Waals surface area contributed by atoms with Crippen molar-refractivity contribution in [3.05, 3.63) is 0 Å². The van der Waals surface area contributed by atoms with Gasteiger partial charge < -0.3 is 0 Å². The Kier molecular flexibility index (Phi) is 6.93. The predicted molar refractivity (Wildman–Crippen MR) is 57.8 cm³/mol. The lowest BCUT2D eigenvalue weighted by Crippen LogP contribution is -2.11. The standard InChI is InChI=1S/C12H24O/c1-5-6-7-12(11(4)13)9-8-10(2)3/h10,12H,5-9H2,1-4H3.